The van der Waals surface area contributed by atoms with E-state index in [1.54, 1.807) is 11.3 Å². The molecular weight excluding hydrogens is 397 g/mol. The first kappa shape index (κ1) is 14.5. The Kier molecular flexibility index (Phi) is 5.27. The van der Waals surface area contributed by atoms with E-state index in [0.717, 1.165) is 21.5 Å². The van der Waals surface area contributed by atoms with E-state index in [2.05, 4.69) is 54.7 Å². The molecular formula is C13H12Br2ClNS. The van der Waals surface area contributed by atoms with E-state index in [1.165, 1.54) is 9.35 Å². The predicted molar refractivity (Wildman–Crippen MR) is 86.7 cm³/mol. The first-order chi connectivity index (χ1) is 8.63. The number of hydrogen-bond acceptors (Lipinski definition) is 2. The van der Waals surface area contributed by atoms with Gasteiger partial charge >= 0.3 is 0 Å². The van der Waals surface area contributed by atoms with Crippen molar-refractivity contribution in [2.45, 2.75) is 12.5 Å². The average molecular weight is 410 g/mol. The number of nitrogens with one attached hydrogen (secondary N) is 1. The molecule has 1 nitrogen and oxygen atoms in total. The topological polar surface area (TPSA) is 12.0 Å². The summed E-state index contributed by atoms with van der Waals surface area (Å²) in [4.78, 5) is 1.32. The van der Waals surface area contributed by atoms with Crippen LogP contribution in [0.25, 0.3) is 0 Å². The third kappa shape index (κ3) is 3.17. The van der Waals surface area contributed by atoms with Crippen molar-refractivity contribution >= 4 is 54.8 Å². The fourth-order valence-corrected chi connectivity index (χ4v) is 4.01. The highest BCUT2D eigenvalue weighted by Crippen LogP contribution is 2.34. The van der Waals surface area contributed by atoms with E-state index >= 15 is 0 Å². The summed E-state index contributed by atoms with van der Waals surface area (Å²) in [6.45, 7) is 0. The van der Waals surface area contributed by atoms with Crippen LogP contribution >= 0.6 is 54.8 Å². The van der Waals surface area contributed by atoms with Gasteiger partial charge in [0.15, 0.2) is 0 Å². The molecule has 0 aliphatic carbocycles. The van der Waals surface area contributed by atoms with Crippen LogP contribution in [-0.4, -0.2) is 7.05 Å². The Bertz CT molecular complexity index is 542. The van der Waals surface area contributed by atoms with Crippen molar-refractivity contribution in [2.75, 3.05) is 7.05 Å². The lowest BCUT2D eigenvalue weighted by Gasteiger charge is -2.18. The molecule has 96 valence electrons. The van der Waals surface area contributed by atoms with Gasteiger partial charge in [0.2, 0.25) is 0 Å². The molecule has 0 aliphatic heterocycles. The molecule has 18 heavy (non-hydrogen) atoms. The molecule has 1 atom stereocenters. The maximum absolute atomic E-state index is 6.35. The average Bonchev–Trinajstić information content (AvgIpc) is 2.76. The smallest absolute Gasteiger partial charge is 0.0595 e. The summed E-state index contributed by atoms with van der Waals surface area (Å²) in [6.07, 6.45) is 0.922. The molecule has 0 bridgehead atoms. The minimum atomic E-state index is 0.213. The normalized spacial score (nSPS) is 12.7. The number of likely N-dealkylation sites (N-methyl/N-ethyl adjacent to an activating group) is 1. The number of rotatable bonds is 4. The third-order valence-electron chi connectivity index (χ3n) is 2.79. The van der Waals surface area contributed by atoms with Gasteiger partial charge < -0.3 is 5.32 Å². The van der Waals surface area contributed by atoms with Gasteiger partial charge in [-0.25, -0.2) is 0 Å². The van der Waals surface area contributed by atoms with E-state index < -0.39 is 0 Å². The number of hydrogen-bond donors (Lipinski definition) is 1. The molecule has 0 spiro atoms. The lowest BCUT2D eigenvalue weighted by atomic mass is 10.0. The summed E-state index contributed by atoms with van der Waals surface area (Å²) in [5.41, 5.74) is 1.12. The van der Waals surface area contributed by atoms with Crippen LogP contribution in [0, 0.1) is 0 Å². The summed E-state index contributed by atoms with van der Waals surface area (Å²) in [6, 6.07) is 8.33. The van der Waals surface area contributed by atoms with Crippen molar-refractivity contribution in [1.29, 1.82) is 0 Å². The summed E-state index contributed by atoms with van der Waals surface area (Å²) in [7, 11) is 1.96. The maximum atomic E-state index is 6.35. The van der Waals surface area contributed by atoms with Crippen molar-refractivity contribution in [3.05, 3.63) is 54.1 Å². The standard InChI is InChI=1S/C13H12Br2ClNS/c1-17-11(7-12-9(14)5-6-18-12)8-3-2-4-10(15)13(8)16/h2-6,11,17H,7H2,1H3. The van der Waals surface area contributed by atoms with Crippen molar-refractivity contribution in [3.63, 3.8) is 0 Å². The highest BCUT2D eigenvalue weighted by molar-refractivity contribution is 9.10. The molecule has 1 aromatic carbocycles. The zero-order valence-electron chi connectivity index (χ0n) is 9.71. The SMILES string of the molecule is CNC(Cc1sccc1Br)c1cccc(Br)c1Cl. The maximum Gasteiger partial charge on any atom is 0.0595 e. The molecule has 2 rings (SSSR count). The Morgan fingerprint density at radius 2 is 2.06 bits per heavy atom. The molecule has 1 aromatic heterocycles. The molecule has 1 N–H and O–H groups in total. The Morgan fingerprint density at radius 1 is 1.28 bits per heavy atom. The van der Waals surface area contributed by atoms with Gasteiger partial charge in [-0.1, -0.05) is 23.7 Å². The van der Waals surface area contributed by atoms with E-state index in [-0.39, 0.29) is 6.04 Å². The Balaban J connectivity index is 2.29. The zero-order chi connectivity index (χ0) is 13.1. The molecule has 0 aliphatic rings. The van der Waals surface area contributed by atoms with Crippen molar-refractivity contribution in [2.24, 2.45) is 0 Å². The van der Waals surface area contributed by atoms with Gasteiger partial charge in [0.05, 0.1) is 5.02 Å². The molecule has 0 fully saturated rings. The Morgan fingerprint density at radius 3 is 2.67 bits per heavy atom. The molecule has 5 heteroatoms. The minimum absolute atomic E-state index is 0.213. The number of benzene rings is 1. The van der Waals surface area contributed by atoms with Crippen molar-refractivity contribution < 1.29 is 0 Å². The fourth-order valence-electron chi connectivity index (χ4n) is 1.81. The summed E-state index contributed by atoms with van der Waals surface area (Å²) in [5, 5.41) is 6.21. The van der Waals surface area contributed by atoms with Crippen molar-refractivity contribution in [1.82, 2.24) is 5.32 Å². The van der Waals surface area contributed by atoms with Crippen LogP contribution in [-0.2, 0) is 6.42 Å². The van der Waals surface area contributed by atoms with E-state index in [1.807, 2.05) is 19.2 Å². The van der Waals surface area contributed by atoms with Gasteiger partial charge in [-0.3, -0.25) is 0 Å². The molecule has 1 heterocycles. The lowest BCUT2D eigenvalue weighted by Crippen LogP contribution is -2.19. The highest BCUT2D eigenvalue weighted by atomic mass is 79.9. The van der Waals surface area contributed by atoms with Gasteiger partial charge in [-0.15, -0.1) is 11.3 Å². The molecule has 0 saturated carbocycles. The molecule has 0 saturated heterocycles. The Hall–Kier alpha value is 0.130. The van der Waals surface area contributed by atoms with E-state index in [0.29, 0.717) is 0 Å². The third-order valence-corrected chi connectivity index (χ3v) is 6.05. The van der Waals surface area contributed by atoms with Gasteiger partial charge in [-0.2, -0.15) is 0 Å². The quantitative estimate of drug-likeness (QED) is 0.710. The van der Waals surface area contributed by atoms with Crippen LogP contribution < -0.4 is 5.32 Å². The minimum Gasteiger partial charge on any atom is -0.313 e. The number of thiophene rings is 1. The molecule has 2 aromatic rings. The molecule has 0 radical (unpaired) electrons. The lowest BCUT2D eigenvalue weighted by molar-refractivity contribution is 0.595. The van der Waals surface area contributed by atoms with Crippen LogP contribution in [0.4, 0.5) is 0 Å². The predicted octanol–water partition coefficient (Wildman–Crippen LogP) is 5.43. The monoisotopic (exact) mass is 407 g/mol. The summed E-state index contributed by atoms with van der Waals surface area (Å²) >= 11 is 15.1. The van der Waals surface area contributed by atoms with Crippen LogP contribution in [0.5, 0.6) is 0 Å². The highest BCUT2D eigenvalue weighted by Gasteiger charge is 2.16. The van der Waals surface area contributed by atoms with Crippen LogP contribution in [0.2, 0.25) is 5.02 Å². The largest absolute Gasteiger partial charge is 0.313 e. The van der Waals surface area contributed by atoms with Crippen molar-refractivity contribution in [3.8, 4) is 0 Å². The Labute approximate surface area is 133 Å². The van der Waals surface area contributed by atoms with Gasteiger partial charge in [0.1, 0.15) is 0 Å². The van der Waals surface area contributed by atoms with E-state index in [9.17, 15) is 0 Å². The van der Waals surface area contributed by atoms with Crippen LogP contribution in [0.1, 0.15) is 16.5 Å². The zero-order valence-corrected chi connectivity index (χ0v) is 14.5. The first-order valence-corrected chi connectivity index (χ1v) is 8.31. The first-order valence-electron chi connectivity index (χ1n) is 5.46. The van der Waals surface area contributed by atoms with Crippen LogP contribution in [0.15, 0.2) is 38.6 Å². The fraction of sp³-hybridized carbons (Fsp3) is 0.231. The van der Waals surface area contributed by atoms with Gasteiger partial charge in [0, 0.05) is 26.3 Å². The summed E-state index contributed by atoms with van der Waals surface area (Å²) in [5.74, 6) is 0. The summed E-state index contributed by atoms with van der Waals surface area (Å²) < 4.78 is 2.10. The second-order valence-corrected chi connectivity index (χ2v) is 6.97. The van der Waals surface area contributed by atoms with E-state index in [4.69, 9.17) is 11.6 Å². The van der Waals surface area contributed by atoms with Gasteiger partial charge in [0.25, 0.3) is 0 Å². The molecule has 1 unspecified atom stereocenters. The number of halogens is 3. The van der Waals surface area contributed by atoms with Gasteiger partial charge in [-0.05, 0) is 62.0 Å². The van der Waals surface area contributed by atoms with Crippen LogP contribution in [0.3, 0.4) is 0 Å². The molecule has 0 amide bonds. The second-order valence-electron chi connectivity index (χ2n) is 3.88. The second kappa shape index (κ2) is 6.53.